The Balaban J connectivity index is 1.20. The summed E-state index contributed by atoms with van der Waals surface area (Å²) in [6.07, 6.45) is 6.41. The van der Waals surface area contributed by atoms with Crippen molar-refractivity contribution in [3.05, 3.63) is 62.7 Å². The number of rotatable bonds is 14. The molecule has 4 atom stereocenters. The van der Waals surface area contributed by atoms with Gasteiger partial charge < -0.3 is 49.3 Å². The van der Waals surface area contributed by atoms with Gasteiger partial charge in [0.25, 0.3) is 0 Å². The van der Waals surface area contributed by atoms with Crippen LogP contribution in [0.4, 0.5) is 4.79 Å². The topological polar surface area (TPSA) is 157 Å². The van der Waals surface area contributed by atoms with Gasteiger partial charge in [-0.15, -0.1) is 0 Å². The SMILES string of the molecule is CCCCCCCC(=O)Oc1c(C)c2c(c3c1CC1[C@@H]4N[C@@H](Cc5cc(C)c(OC)c(O)c54)CN1[C@H]3COC(=O)NCCc1cc(O)c(OC)cc1C)OCO2. The molecule has 0 spiro atoms. The number of piperazine rings is 1. The number of esters is 1. The molecule has 4 aliphatic heterocycles. The second-order valence-corrected chi connectivity index (χ2v) is 15.5. The van der Waals surface area contributed by atoms with E-state index in [2.05, 4.69) is 28.5 Å². The summed E-state index contributed by atoms with van der Waals surface area (Å²) in [6, 6.07) is 4.58. The van der Waals surface area contributed by atoms with Crippen molar-refractivity contribution < 1.29 is 48.2 Å². The molecule has 1 amide bonds. The van der Waals surface area contributed by atoms with Gasteiger partial charge in [-0.05, 0) is 80.8 Å². The van der Waals surface area contributed by atoms with E-state index in [9.17, 15) is 19.8 Å². The Kier molecular flexibility index (Phi) is 11.7. The lowest BCUT2D eigenvalue weighted by molar-refractivity contribution is -0.134. The third-order valence-corrected chi connectivity index (χ3v) is 11.9. The van der Waals surface area contributed by atoms with Crippen molar-refractivity contribution in [2.45, 2.75) is 110 Å². The minimum absolute atomic E-state index is 0.0163. The third kappa shape index (κ3) is 7.50. The van der Waals surface area contributed by atoms with Gasteiger partial charge in [-0.1, -0.05) is 38.7 Å². The molecular formula is C43H55N3O10. The number of phenolic OH excluding ortho intramolecular Hbond substituents is 2. The monoisotopic (exact) mass is 773 g/mol. The molecule has 0 saturated carbocycles. The first kappa shape index (κ1) is 39.4. The minimum Gasteiger partial charge on any atom is -0.504 e. The molecule has 0 aromatic heterocycles. The molecule has 3 aromatic rings. The number of hydrogen-bond donors (Lipinski definition) is 4. The summed E-state index contributed by atoms with van der Waals surface area (Å²) in [5.74, 6) is 2.25. The number of methoxy groups -OCH3 is 2. The van der Waals surface area contributed by atoms with E-state index in [1.165, 1.54) is 7.11 Å². The number of carbonyl (C=O) groups excluding carboxylic acids is 2. The molecule has 2 bridgehead atoms. The fourth-order valence-corrected chi connectivity index (χ4v) is 9.18. The molecule has 302 valence electrons. The van der Waals surface area contributed by atoms with Crippen molar-refractivity contribution in [2.75, 3.05) is 40.7 Å². The zero-order valence-electron chi connectivity index (χ0n) is 33.3. The van der Waals surface area contributed by atoms with Crippen LogP contribution in [0, 0.1) is 20.8 Å². The molecule has 13 heteroatoms. The molecular weight excluding hydrogens is 718 g/mol. The number of carbonyl (C=O) groups is 2. The Bertz CT molecular complexity index is 1980. The van der Waals surface area contributed by atoms with Crippen molar-refractivity contribution in [3.8, 4) is 40.2 Å². The number of nitrogens with one attached hydrogen (secondary N) is 2. The maximum Gasteiger partial charge on any atom is 0.407 e. The van der Waals surface area contributed by atoms with E-state index in [-0.39, 0.29) is 55.5 Å². The van der Waals surface area contributed by atoms with E-state index >= 15 is 0 Å². The number of fused-ring (bicyclic) bond motifs is 9. The van der Waals surface area contributed by atoms with Crippen molar-refractivity contribution >= 4 is 12.1 Å². The Hall–Kier alpha value is -4.88. The van der Waals surface area contributed by atoms with Crippen LogP contribution in [0.2, 0.25) is 0 Å². The Morgan fingerprint density at radius 1 is 0.946 bits per heavy atom. The van der Waals surface area contributed by atoms with Gasteiger partial charge in [-0.2, -0.15) is 0 Å². The zero-order valence-corrected chi connectivity index (χ0v) is 33.3. The van der Waals surface area contributed by atoms with Crippen LogP contribution in [0.25, 0.3) is 0 Å². The van der Waals surface area contributed by atoms with E-state index in [1.54, 1.807) is 19.2 Å². The van der Waals surface area contributed by atoms with Gasteiger partial charge >= 0.3 is 12.1 Å². The summed E-state index contributed by atoms with van der Waals surface area (Å²) >= 11 is 0. The van der Waals surface area contributed by atoms with Crippen LogP contribution in [0.3, 0.4) is 0 Å². The van der Waals surface area contributed by atoms with E-state index in [0.29, 0.717) is 66.5 Å². The smallest absolute Gasteiger partial charge is 0.407 e. The van der Waals surface area contributed by atoms with Crippen LogP contribution < -0.4 is 34.3 Å². The van der Waals surface area contributed by atoms with E-state index in [1.807, 2.05) is 20.8 Å². The van der Waals surface area contributed by atoms with Crippen molar-refractivity contribution in [1.29, 1.82) is 0 Å². The molecule has 1 unspecified atom stereocenters. The summed E-state index contributed by atoms with van der Waals surface area (Å²) in [6.45, 7) is 8.84. The van der Waals surface area contributed by atoms with Gasteiger partial charge in [0.1, 0.15) is 12.4 Å². The number of nitrogens with zero attached hydrogens (tertiary/aromatic N) is 1. The number of alkyl carbamates (subject to hydrolysis) is 1. The molecule has 1 saturated heterocycles. The molecule has 0 radical (unpaired) electrons. The van der Waals surface area contributed by atoms with E-state index in [4.69, 9.17) is 28.4 Å². The van der Waals surface area contributed by atoms with Crippen LogP contribution in [0.15, 0.2) is 18.2 Å². The number of benzene rings is 3. The second kappa shape index (κ2) is 16.7. The van der Waals surface area contributed by atoms with Crippen molar-refractivity contribution in [1.82, 2.24) is 15.5 Å². The van der Waals surface area contributed by atoms with Crippen LogP contribution in [0.5, 0.6) is 40.2 Å². The first-order chi connectivity index (χ1) is 27.0. The predicted octanol–water partition coefficient (Wildman–Crippen LogP) is 6.54. The number of unbranched alkanes of at least 4 members (excludes halogenated alkanes) is 4. The van der Waals surface area contributed by atoms with Gasteiger partial charge in [0, 0.05) is 53.8 Å². The number of ether oxygens (including phenoxy) is 6. The molecule has 3 aromatic carbocycles. The Morgan fingerprint density at radius 2 is 1.73 bits per heavy atom. The summed E-state index contributed by atoms with van der Waals surface area (Å²) in [5, 5.41) is 28.6. The van der Waals surface area contributed by atoms with Gasteiger partial charge in [0.2, 0.25) is 6.79 Å². The zero-order chi connectivity index (χ0) is 39.7. The molecule has 56 heavy (non-hydrogen) atoms. The largest absolute Gasteiger partial charge is 0.504 e. The van der Waals surface area contributed by atoms with E-state index in [0.717, 1.165) is 71.0 Å². The average molecular weight is 774 g/mol. The lowest BCUT2D eigenvalue weighted by Gasteiger charge is -2.54. The first-order valence-corrected chi connectivity index (χ1v) is 19.9. The Morgan fingerprint density at radius 3 is 2.50 bits per heavy atom. The van der Waals surface area contributed by atoms with Crippen LogP contribution >= 0.6 is 0 Å². The van der Waals surface area contributed by atoms with Crippen LogP contribution in [-0.4, -0.2) is 80.0 Å². The summed E-state index contributed by atoms with van der Waals surface area (Å²) < 4.78 is 35.4. The van der Waals surface area contributed by atoms with Crippen molar-refractivity contribution in [2.24, 2.45) is 0 Å². The third-order valence-electron chi connectivity index (χ3n) is 11.9. The van der Waals surface area contributed by atoms with Gasteiger partial charge in [0.15, 0.2) is 34.5 Å². The quantitative estimate of drug-likeness (QED) is 0.0798. The fourth-order valence-electron chi connectivity index (χ4n) is 9.18. The normalized spacial score (nSPS) is 20.4. The Labute approximate surface area is 328 Å². The maximum atomic E-state index is 13.5. The summed E-state index contributed by atoms with van der Waals surface area (Å²) in [4.78, 5) is 29.2. The minimum atomic E-state index is -0.585. The summed E-state index contributed by atoms with van der Waals surface area (Å²) in [5.41, 5.74) is 6.83. The fraction of sp³-hybridized carbons (Fsp3) is 0.535. The maximum absolute atomic E-state index is 13.5. The summed E-state index contributed by atoms with van der Waals surface area (Å²) in [7, 11) is 3.07. The highest BCUT2D eigenvalue weighted by Gasteiger charge is 2.51. The standard InChI is InChI=1S/C43H55N3O10/c1-7-8-9-10-11-12-34(48)56-40-25(4)41-42(55-22-54-41)36-29(40)19-30-37-35-27(15-24(3)39(52-6)38(35)49)17-28(45-37)20-46(30)31(36)21-53-43(50)44-14-13-26-18-32(47)33(51-5)16-23(26)2/h15-16,18,28,30-31,37,45,47,49H,7-14,17,19-22H2,1-6H3,(H,44,50)/t28-,30?,31-,37-/m0/s1. The second-order valence-electron chi connectivity index (χ2n) is 15.5. The molecule has 1 fully saturated rings. The number of aryl methyl sites for hydroxylation is 2. The molecule has 13 nitrogen and oxygen atoms in total. The molecule has 7 rings (SSSR count). The number of hydrogen-bond acceptors (Lipinski definition) is 12. The van der Waals surface area contributed by atoms with Crippen LogP contribution in [-0.2, 0) is 28.8 Å². The number of amides is 1. The average Bonchev–Trinajstić information content (AvgIpc) is 3.67. The van der Waals surface area contributed by atoms with Gasteiger partial charge in [-0.3, -0.25) is 9.69 Å². The first-order valence-electron chi connectivity index (χ1n) is 19.9. The molecule has 4 heterocycles. The predicted molar refractivity (Wildman–Crippen MR) is 208 cm³/mol. The molecule has 4 N–H and O–H groups in total. The van der Waals surface area contributed by atoms with Gasteiger partial charge in [0.05, 0.1) is 26.3 Å². The highest BCUT2D eigenvalue weighted by Crippen LogP contribution is 2.56. The number of aromatic hydroxyl groups is 2. The van der Waals surface area contributed by atoms with E-state index < -0.39 is 12.1 Å². The highest BCUT2D eigenvalue weighted by molar-refractivity contribution is 5.76. The molecule has 0 aliphatic carbocycles. The number of phenols is 2. The van der Waals surface area contributed by atoms with Crippen LogP contribution in [0.1, 0.15) is 102 Å². The van der Waals surface area contributed by atoms with Crippen molar-refractivity contribution in [3.63, 3.8) is 0 Å². The highest BCUT2D eigenvalue weighted by atomic mass is 16.7. The lowest BCUT2D eigenvalue weighted by Crippen LogP contribution is -2.64. The molecule has 4 aliphatic rings. The lowest BCUT2D eigenvalue weighted by atomic mass is 9.75. The van der Waals surface area contributed by atoms with Gasteiger partial charge in [-0.25, -0.2) is 4.79 Å².